The molecule has 0 spiro atoms. The van der Waals surface area contributed by atoms with Crippen molar-refractivity contribution in [3.8, 4) is 0 Å². The highest BCUT2D eigenvalue weighted by atomic mass is 35.5. The normalized spacial score (nSPS) is 10.4. The SMILES string of the molecule is CCN(CC(=O)N(C)Cc1c(F)cccc1Cl)c1ccccc1. The summed E-state index contributed by atoms with van der Waals surface area (Å²) < 4.78 is 13.8. The van der Waals surface area contributed by atoms with Crippen LogP contribution >= 0.6 is 11.6 Å². The van der Waals surface area contributed by atoms with E-state index in [0.717, 1.165) is 5.69 Å². The summed E-state index contributed by atoms with van der Waals surface area (Å²) in [6, 6.07) is 14.3. The second-order valence-electron chi connectivity index (χ2n) is 5.30. The van der Waals surface area contributed by atoms with Crippen LogP contribution in [0.25, 0.3) is 0 Å². The van der Waals surface area contributed by atoms with Gasteiger partial charge in [-0.2, -0.15) is 0 Å². The number of nitrogens with zero attached hydrogens (tertiary/aromatic N) is 2. The molecule has 0 aliphatic carbocycles. The summed E-state index contributed by atoms with van der Waals surface area (Å²) in [7, 11) is 1.66. The second-order valence-corrected chi connectivity index (χ2v) is 5.71. The smallest absolute Gasteiger partial charge is 0.242 e. The summed E-state index contributed by atoms with van der Waals surface area (Å²) in [5.41, 5.74) is 1.33. The van der Waals surface area contributed by atoms with E-state index in [1.54, 1.807) is 19.2 Å². The molecule has 2 rings (SSSR count). The number of amides is 1. The lowest BCUT2D eigenvalue weighted by molar-refractivity contribution is -0.129. The quantitative estimate of drug-likeness (QED) is 0.798. The van der Waals surface area contributed by atoms with E-state index >= 15 is 0 Å². The number of likely N-dealkylation sites (N-methyl/N-ethyl adjacent to an activating group) is 2. The lowest BCUT2D eigenvalue weighted by Crippen LogP contribution is -2.38. The molecule has 1 amide bonds. The highest BCUT2D eigenvalue weighted by Gasteiger charge is 2.17. The van der Waals surface area contributed by atoms with Gasteiger partial charge in [0.15, 0.2) is 0 Å². The van der Waals surface area contributed by atoms with Gasteiger partial charge in [-0.05, 0) is 31.2 Å². The molecule has 0 unspecified atom stereocenters. The molecule has 5 heteroatoms. The zero-order valence-corrected chi connectivity index (χ0v) is 14.1. The van der Waals surface area contributed by atoms with Crippen LogP contribution in [0.4, 0.5) is 10.1 Å². The predicted molar refractivity (Wildman–Crippen MR) is 92.2 cm³/mol. The van der Waals surface area contributed by atoms with Crippen molar-refractivity contribution < 1.29 is 9.18 Å². The summed E-state index contributed by atoms with van der Waals surface area (Å²) >= 11 is 6.02. The first-order chi connectivity index (χ1) is 11.0. The predicted octanol–water partition coefficient (Wildman–Crippen LogP) is 3.96. The molecular weight excluding hydrogens is 315 g/mol. The van der Waals surface area contributed by atoms with Gasteiger partial charge >= 0.3 is 0 Å². The minimum absolute atomic E-state index is 0.0879. The minimum atomic E-state index is -0.396. The van der Waals surface area contributed by atoms with E-state index in [1.807, 2.05) is 42.2 Å². The van der Waals surface area contributed by atoms with Gasteiger partial charge in [-0.1, -0.05) is 35.9 Å². The standard InChI is InChI=1S/C18H20ClFN2O/c1-3-22(14-8-5-4-6-9-14)13-18(23)21(2)12-15-16(19)10-7-11-17(15)20/h4-11H,3,12-13H2,1-2H3. The first kappa shape index (κ1) is 17.3. The van der Waals surface area contributed by atoms with Gasteiger partial charge in [-0.25, -0.2) is 4.39 Å². The largest absolute Gasteiger partial charge is 0.362 e. The topological polar surface area (TPSA) is 23.6 Å². The number of halogens is 2. The molecule has 0 radical (unpaired) electrons. The summed E-state index contributed by atoms with van der Waals surface area (Å²) in [6.07, 6.45) is 0. The zero-order chi connectivity index (χ0) is 16.8. The maximum Gasteiger partial charge on any atom is 0.242 e. The Bertz CT molecular complexity index is 643. The van der Waals surface area contributed by atoms with Crippen LogP contribution in [0.2, 0.25) is 5.02 Å². The van der Waals surface area contributed by atoms with Gasteiger partial charge in [0, 0.05) is 36.4 Å². The lowest BCUT2D eigenvalue weighted by Gasteiger charge is -2.26. The van der Waals surface area contributed by atoms with Crippen LogP contribution in [0.3, 0.4) is 0 Å². The van der Waals surface area contributed by atoms with Gasteiger partial charge in [0.25, 0.3) is 0 Å². The minimum Gasteiger partial charge on any atom is -0.362 e. The van der Waals surface area contributed by atoms with E-state index in [9.17, 15) is 9.18 Å². The first-order valence-corrected chi connectivity index (χ1v) is 7.87. The van der Waals surface area contributed by atoms with E-state index in [4.69, 9.17) is 11.6 Å². The second kappa shape index (κ2) is 7.97. The van der Waals surface area contributed by atoms with Crippen molar-refractivity contribution >= 4 is 23.2 Å². The summed E-state index contributed by atoms with van der Waals surface area (Å²) in [5.74, 6) is -0.484. The molecule has 0 aliphatic rings. The van der Waals surface area contributed by atoms with Crippen LogP contribution in [0.1, 0.15) is 12.5 Å². The Morgan fingerprint density at radius 2 is 1.83 bits per heavy atom. The molecule has 2 aromatic rings. The zero-order valence-electron chi connectivity index (χ0n) is 13.3. The molecule has 2 aromatic carbocycles. The third kappa shape index (κ3) is 4.45. The van der Waals surface area contributed by atoms with Gasteiger partial charge in [0.1, 0.15) is 5.82 Å². The monoisotopic (exact) mass is 334 g/mol. The van der Waals surface area contributed by atoms with E-state index in [1.165, 1.54) is 11.0 Å². The Hall–Kier alpha value is -2.07. The molecule has 0 atom stereocenters. The molecule has 23 heavy (non-hydrogen) atoms. The number of rotatable bonds is 6. The highest BCUT2D eigenvalue weighted by molar-refractivity contribution is 6.31. The van der Waals surface area contributed by atoms with Crippen molar-refractivity contribution in [2.45, 2.75) is 13.5 Å². The number of anilines is 1. The number of hydrogen-bond acceptors (Lipinski definition) is 2. The summed E-state index contributed by atoms with van der Waals surface area (Å²) in [4.78, 5) is 15.9. The maximum absolute atomic E-state index is 13.8. The van der Waals surface area contributed by atoms with Gasteiger partial charge in [0.2, 0.25) is 5.91 Å². The average Bonchev–Trinajstić information content (AvgIpc) is 2.56. The molecule has 0 aliphatic heterocycles. The molecular formula is C18H20ClFN2O. The average molecular weight is 335 g/mol. The maximum atomic E-state index is 13.8. The molecule has 0 heterocycles. The number of hydrogen-bond donors (Lipinski definition) is 0. The van der Waals surface area contributed by atoms with E-state index in [2.05, 4.69) is 0 Å². The Kier molecular flexibility index (Phi) is 5.99. The van der Waals surface area contributed by atoms with Gasteiger partial charge in [0.05, 0.1) is 6.54 Å². The lowest BCUT2D eigenvalue weighted by atomic mass is 10.2. The Labute approximate surface area is 141 Å². The van der Waals surface area contributed by atoms with Crippen LogP contribution < -0.4 is 4.90 Å². The number of carbonyl (C=O) groups excluding carboxylic acids is 1. The number of benzene rings is 2. The third-order valence-corrected chi connectivity index (χ3v) is 4.07. The Balaban J connectivity index is 2.05. The van der Waals surface area contributed by atoms with Crippen LogP contribution in [-0.4, -0.2) is 30.9 Å². The van der Waals surface area contributed by atoms with Gasteiger partial charge in [-0.3, -0.25) is 4.79 Å². The van der Waals surface area contributed by atoms with E-state index < -0.39 is 5.82 Å². The van der Waals surface area contributed by atoms with E-state index in [-0.39, 0.29) is 19.0 Å². The van der Waals surface area contributed by atoms with Crippen molar-refractivity contribution in [1.29, 1.82) is 0 Å². The first-order valence-electron chi connectivity index (χ1n) is 7.49. The van der Waals surface area contributed by atoms with Crippen molar-refractivity contribution in [3.05, 3.63) is 64.9 Å². The molecule has 3 nitrogen and oxygen atoms in total. The third-order valence-electron chi connectivity index (χ3n) is 3.71. The number of carbonyl (C=O) groups is 1. The van der Waals surface area contributed by atoms with Crippen LogP contribution in [0.15, 0.2) is 48.5 Å². The van der Waals surface area contributed by atoms with Gasteiger partial charge in [-0.15, -0.1) is 0 Å². The van der Waals surface area contributed by atoms with Crippen LogP contribution in [-0.2, 0) is 11.3 Å². The summed E-state index contributed by atoms with van der Waals surface area (Å²) in [5, 5.41) is 0.333. The Morgan fingerprint density at radius 1 is 1.13 bits per heavy atom. The fourth-order valence-electron chi connectivity index (χ4n) is 2.32. The van der Waals surface area contributed by atoms with Crippen molar-refractivity contribution in [2.75, 3.05) is 25.0 Å². The summed E-state index contributed by atoms with van der Waals surface area (Å²) in [6.45, 7) is 3.10. The fourth-order valence-corrected chi connectivity index (χ4v) is 2.54. The Morgan fingerprint density at radius 3 is 2.43 bits per heavy atom. The molecule has 0 aromatic heterocycles. The van der Waals surface area contributed by atoms with Crippen LogP contribution in [0.5, 0.6) is 0 Å². The van der Waals surface area contributed by atoms with Crippen molar-refractivity contribution in [1.82, 2.24) is 4.90 Å². The number of para-hydroxylation sites is 1. The molecule has 0 saturated carbocycles. The molecule has 0 saturated heterocycles. The van der Waals surface area contributed by atoms with E-state index in [0.29, 0.717) is 17.1 Å². The molecule has 0 N–H and O–H groups in total. The highest BCUT2D eigenvalue weighted by Crippen LogP contribution is 2.20. The fraction of sp³-hybridized carbons (Fsp3) is 0.278. The molecule has 0 fully saturated rings. The molecule has 122 valence electrons. The molecule has 0 bridgehead atoms. The van der Waals surface area contributed by atoms with Crippen molar-refractivity contribution in [2.24, 2.45) is 0 Å². The van der Waals surface area contributed by atoms with Crippen LogP contribution in [0, 0.1) is 5.82 Å². The van der Waals surface area contributed by atoms with Crippen molar-refractivity contribution in [3.63, 3.8) is 0 Å². The van der Waals surface area contributed by atoms with Gasteiger partial charge < -0.3 is 9.80 Å².